The highest BCUT2D eigenvalue weighted by atomic mass is 16.6. The summed E-state index contributed by atoms with van der Waals surface area (Å²) in [4.78, 5) is 11.5. The van der Waals surface area contributed by atoms with E-state index in [0.717, 1.165) is 0 Å². The number of rotatable bonds is 1. The van der Waals surface area contributed by atoms with Gasteiger partial charge in [0.05, 0.1) is 5.69 Å². The molecule has 1 rings (SSSR count). The molecule has 0 aliphatic carbocycles. The number of ether oxygens (including phenoxy) is 1. The van der Waals surface area contributed by atoms with Crippen molar-refractivity contribution in [3.05, 3.63) is 23.8 Å². The first-order chi connectivity index (χ1) is 7.81. The zero-order valence-electron chi connectivity index (χ0n) is 10.1. The Bertz CT molecular complexity index is 467. The van der Waals surface area contributed by atoms with Crippen molar-refractivity contribution in [3.8, 4) is 18.1 Å². The van der Waals surface area contributed by atoms with Crippen molar-refractivity contribution in [1.29, 1.82) is 0 Å². The second-order valence-electron chi connectivity index (χ2n) is 4.50. The summed E-state index contributed by atoms with van der Waals surface area (Å²) in [5.74, 6) is 2.35. The lowest BCUT2D eigenvalue weighted by Gasteiger charge is -2.19. The highest BCUT2D eigenvalue weighted by molar-refractivity contribution is 5.87. The predicted octanol–water partition coefficient (Wildman–Crippen LogP) is 2.72. The third-order valence-corrected chi connectivity index (χ3v) is 1.80. The van der Waals surface area contributed by atoms with Gasteiger partial charge in [-0.3, -0.25) is 5.32 Å². The third-order valence-electron chi connectivity index (χ3n) is 1.80. The van der Waals surface area contributed by atoms with E-state index in [1.165, 1.54) is 12.1 Å². The van der Waals surface area contributed by atoms with Crippen LogP contribution in [0.3, 0.4) is 0 Å². The van der Waals surface area contributed by atoms with Crippen LogP contribution < -0.4 is 5.32 Å². The standard InChI is InChI=1S/C13H15NO3/c1-5-9-6-7-11(15)10(8-9)14-12(16)17-13(2,3)4/h1,6-8,15H,2-4H3,(H,14,16). The molecule has 0 bridgehead atoms. The molecule has 0 saturated carbocycles. The Morgan fingerprint density at radius 2 is 2.12 bits per heavy atom. The molecular formula is C13H15NO3. The van der Waals surface area contributed by atoms with Gasteiger partial charge >= 0.3 is 6.09 Å². The van der Waals surface area contributed by atoms with Crippen LogP contribution in [0.25, 0.3) is 0 Å². The molecule has 1 aromatic rings. The Morgan fingerprint density at radius 1 is 1.47 bits per heavy atom. The highest BCUT2D eigenvalue weighted by Gasteiger charge is 2.17. The zero-order chi connectivity index (χ0) is 13.1. The van der Waals surface area contributed by atoms with Crippen molar-refractivity contribution in [2.24, 2.45) is 0 Å². The van der Waals surface area contributed by atoms with Crippen LogP contribution in [0, 0.1) is 12.3 Å². The number of nitrogens with one attached hydrogen (secondary N) is 1. The number of hydrogen-bond donors (Lipinski definition) is 2. The van der Waals surface area contributed by atoms with Gasteiger partial charge in [-0.15, -0.1) is 6.42 Å². The van der Waals surface area contributed by atoms with Crippen molar-refractivity contribution in [1.82, 2.24) is 0 Å². The number of amides is 1. The van der Waals surface area contributed by atoms with Gasteiger partial charge in [0.25, 0.3) is 0 Å². The summed E-state index contributed by atoms with van der Waals surface area (Å²) < 4.78 is 5.06. The summed E-state index contributed by atoms with van der Waals surface area (Å²) in [5.41, 5.74) is 0.201. The number of carbonyl (C=O) groups excluding carboxylic acids is 1. The summed E-state index contributed by atoms with van der Waals surface area (Å²) in [6.45, 7) is 5.26. The number of carbonyl (C=O) groups is 1. The van der Waals surface area contributed by atoms with Gasteiger partial charge < -0.3 is 9.84 Å². The van der Waals surface area contributed by atoms with Crippen LogP contribution in [-0.4, -0.2) is 16.8 Å². The average molecular weight is 233 g/mol. The maximum atomic E-state index is 11.5. The summed E-state index contributed by atoms with van der Waals surface area (Å²) in [6, 6.07) is 4.50. The first-order valence-corrected chi connectivity index (χ1v) is 5.11. The fourth-order valence-corrected chi connectivity index (χ4v) is 1.14. The number of terminal acetylenes is 1. The third kappa shape index (κ3) is 4.07. The van der Waals surface area contributed by atoms with E-state index in [0.29, 0.717) is 5.56 Å². The topological polar surface area (TPSA) is 58.6 Å². The van der Waals surface area contributed by atoms with Gasteiger partial charge in [-0.2, -0.15) is 0 Å². The van der Waals surface area contributed by atoms with E-state index < -0.39 is 11.7 Å². The molecule has 0 atom stereocenters. The maximum Gasteiger partial charge on any atom is 0.412 e. The quantitative estimate of drug-likeness (QED) is 0.579. The lowest BCUT2D eigenvalue weighted by atomic mass is 10.2. The van der Waals surface area contributed by atoms with Crippen LogP contribution in [0.15, 0.2) is 18.2 Å². The maximum absolute atomic E-state index is 11.5. The normalized spacial score (nSPS) is 10.5. The minimum atomic E-state index is -0.637. The number of benzene rings is 1. The van der Waals surface area contributed by atoms with Crippen molar-refractivity contribution in [2.45, 2.75) is 26.4 Å². The monoisotopic (exact) mass is 233 g/mol. The first-order valence-electron chi connectivity index (χ1n) is 5.11. The van der Waals surface area contributed by atoms with Crippen LogP contribution in [-0.2, 0) is 4.74 Å². The Labute approximate surface area is 101 Å². The highest BCUT2D eigenvalue weighted by Crippen LogP contribution is 2.24. The molecule has 0 fully saturated rings. The minimum absolute atomic E-state index is 0.0603. The molecule has 0 saturated heterocycles. The fraction of sp³-hybridized carbons (Fsp3) is 0.308. The van der Waals surface area contributed by atoms with Gasteiger partial charge in [0, 0.05) is 5.56 Å². The molecule has 0 unspecified atom stereocenters. The largest absolute Gasteiger partial charge is 0.506 e. The van der Waals surface area contributed by atoms with E-state index in [2.05, 4.69) is 11.2 Å². The Kier molecular flexibility index (Phi) is 3.64. The molecule has 1 amide bonds. The first kappa shape index (κ1) is 12.9. The van der Waals surface area contributed by atoms with E-state index in [1.807, 2.05) is 0 Å². The van der Waals surface area contributed by atoms with Gasteiger partial charge in [0.15, 0.2) is 0 Å². The van der Waals surface area contributed by atoms with Crippen LogP contribution in [0.5, 0.6) is 5.75 Å². The minimum Gasteiger partial charge on any atom is -0.506 e. The van der Waals surface area contributed by atoms with Gasteiger partial charge in [0.2, 0.25) is 0 Å². The molecule has 0 heterocycles. The van der Waals surface area contributed by atoms with Crippen LogP contribution in [0.1, 0.15) is 26.3 Å². The summed E-state index contributed by atoms with van der Waals surface area (Å²) >= 11 is 0. The Morgan fingerprint density at radius 3 is 2.65 bits per heavy atom. The number of anilines is 1. The van der Waals surface area contributed by atoms with Crippen LogP contribution >= 0.6 is 0 Å². The molecule has 90 valence electrons. The lowest BCUT2D eigenvalue weighted by molar-refractivity contribution is 0.0635. The second kappa shape index (κ2) is 4.79. The van der Waals surface area contributed by atoms with Gasteiger partial charge in [-0.25, -0.2) is 4.79 Å². The van der Waals surface area contributed by atoms with Crippen LogP contribution in [0.2, 0.25) is 0 Å². The number of phenolic OH excluding ortho intramolecular Hbond substituents is 1. The van der Waals surface area contributed by atoms with Crippen LogP contribution in [0.4, 0.5) is 10.5 Å². The molecule has 1 aromatic carbocycles. The summed E-state index contributed by atoms with van der Waals surface area (Å²) in [5, 5.41) is 12.0. The molecule has 4 nitrogen and oxygen atoms in total. The van der Waals surface area contributed by atoms with Gasteiger partial charge in [-0.05, 0) is 39.0 Å². The van der Waals surface area contributed by atoms with E-state index in [4.69, 9.17) is 11.2 Å². The molecule has 0 spiro atoms. The molecular weight excluding hydrogens is 218 g/mol. The molecule has 4 heteroatoms. The van der Waals surface area contributed by atoms with Crippen molar-refractivity contribution < 1.29 is 14.6 Å². The van der Waals surface area contributed by atoms with Crippen molar-refractivity contribution in [2.75, 3.05) is 5.32 Å². The van der Waals surface area contributed by atoms with E-state index in [-0.39, 0.29) is 11.4 Å². The zero-order valence-corrected chi connectivity index (χ0v) is 10.1. The number of phenols is 1. The predicted molar refractivity (Wildman–Crippen MR) is 65.9 cm³/mol. The molecule has 0 radical (unpaired) electrons. The number of aromatic hydroxyl groups is 1. The van der Waals surface area contributed by atoms with Crippen molar-refractivity contribution >= 4 is 11.8 Å². The smallest absolute Gasteiger partial charge is 0.412 e. The SMILES string of the molecule is C#Cc1ccc(O)c(NC(=O)OC(C)(C)C)c1. The van der Waals surface area contributed by atoms with Gasteiger partial charge in [0.1, 0.15) is 11.4 Å². The Hall–Kier alpha value is -2.15. The molecule has 0 aromatic heterocycles. The molecule has 0 aliphatic rings. The Balaban J connectivity index is 2.82. The number of hydrogen-bond acceptors (Lipinski definition) is 3. The lowest BCUT2D eigenvalue weighted by Crippen LogP contribution is -2.27. The van der Waals surface area contributed by atoms with E-state index in [1.54, 1.807) is 26.8 Å². The van der Waals surface area contributed by atoms with E-state index in [9.17, 15) is 9.90 Å². The molecule has 0 aliphatic heterocycles. The molecule has 17 heavy (non-hydrogen) atoms. The average Bonchev–Trinajstić information content (AvgIpc) is 2.18. The molecule has 2 N–H and O–H groups in total. The second-order valence-corrected chi connectivity index (χ2v) is 4.50. The van der Waals surface area contributed by atoms with E-state index >= 15 is 0 Å². The van der Waals surface area contributed by atoms with Gasteiger partial charge in [-0.1, -0.05) is 5.92 Å². The van der Waals surface area contributed by atoms with Crippen molar-refractivity contribution in [3.63, 3.8) is 0 Å². The summed E-state index contributed by atoms with van der Waals surface area (Å²) in [7, 11) is 0. The summed E-state index contributed by atoms with van der Waals surface area (Å²) in [6.07, 6.45) is 4.59. The fourth-order valence-electron chi connectivity index (χ4n) is 1.14.